The molecule has 0 saturated carbocycles. The van der Waals surface area contributed by atoms with E-state index in [4.69, 9.17) is 17.3 Å². The fraction of sp³-hybridized carbons (Fsp3) is 0.179. The molecule has 0 unspecified atom stereocenters. The fourth-order valence-electron chi connectivity index (χ4n) is 4.64. The summed E-state index contributed by atoms with van der Waals surface area (Å²) in [5.74, 6) is 0.589. The molecule has 2 heterocycles. The average Bonchev–Trinajstić information content (AvgIpc) is 2.94. The number of nitrogen functional groups attached to an aromatic ring is 1. The van der Waals surface area contributed by atoms with Gasteiger partial charge in [0.05, 0.1) is 16.6 Å². The number of aromatic nitrogens is 2. The Labute approximate surface area is 221 Å². The van der Waals surface area contributed by atoms with Gasteiger partial charge in [-0.1, -0.05) is 84.4 Å². The molecule has 0 radical (unpaired) electrons. The number of carbonyl (C=O) groups excluding carboxylic acids is 1. The number of carbonyl (C=O) groups is 1. The lowest BCUT2D eigenvalue weighted by atomic mass is 9.96. The van der Waals surface area contributed by atoms with Crippen molar-refractivity contribution in [3.05, 3.63) is 113 Å². The summed E-state index contributed by atoms with van der Waals surface area (Å²) in [5, 5.41) is 0.361. The number of benzene rings is 3. The van der Waals surface area contributed by atoms with Crippen LogP contribution in [0.2, 0.25) is 5.02 Å². The van der Waals surface area contributed by atoms with Crippen LogP contribution in [0.15, 0.2) is 91.3 Å². The van der Waals surface area contributed by atoms with Gasteiger partial charge in [-0.2, -0.15) is 0 Å². The van der Waals surface area contributed by atoms with Gasteiger partial charge in [0, 0.05) is 26.2 Å². The molecule has 0 atom stereocenters. The summed E-state index contributed by atoms with van der Waals surface area (Å²) in [7, 11) is 0. The van der Waals surface area contributed by atoms with Crippen LogP contribution in [0.3, 0.4) is 0 Å². The van der Waals surface area contributed by atoms with Gasteiger partial charge in [-0.25, -0.2) is 9.97 Å². The smallest absolute Gasteiger partial charge is 0.271 e. The first kappa shape index (κ1) is 24.5. The number of nitrogens with two attached hydrogens (primary N) is 1. The highest BCUT2D eigenvalue weighted by atomic mass is 35.5. The van der Waals surface area contributed by atoms with E-state index in [1.165, 1.54) is 17.5 Å². The molecule has 1 fully saturated rings. The van der Waals surface area contributed by atoms with Gasteiger partial charge >= 0.3 is 0 Å². The summed E-state index contributed by atoms with van der Waals surface area (Å²) < 4.78 is 0. The van der Waals surface area contributed by atoms with Crippen molar-refractivity contribution in [2.75, 3.05) is 42.2 Å². The quantitative estimate of drug-likeness (QED) is 0.315. The maximum Gasteiger partial charge on any atom is 0.271 e. The number of hydrazine groups is 1. The largest absolute Gasteiger partial charge is 0.393 e. The van der Waals surface area contributed by atoms with Gasteiger partial charge in [0.15, 0.2) is 11.6 Å². The Morgan fingerprint density at radius 1 is 0.838 bits per heavy atom. The number of rotatable bonds is 7. The number of amides is 1. The zero-order valence-electron chi connectivity index (χ0n) is 20.2. The summed E-state index contributed by atoms with van der Waals surface area (Å²) in [6, 6.07) is 28.2. The minimum atomic E-state index is -0.383. The maximum atomic E-state index is 12.5. The molecule has 0 bridgehead atoms. The molecule has 4 N–H and O–H groups in total. The molecule has 1 aliphatic heterocycles. The molecule has 3 aromatic carbocycles. The first-order valence-electron chi connectivity index (χ1n) is 12.1. The highest BCUT2D eigenvalue weighted by Crippen LogP contribution is 2.32. The minimum Gasteiger partial charge on any atom is -0.393 e. The number of hydrogen-bond acceptors (Lipinski definition) is 7. The molecule has 4 aromatic rings. The van der Waals surface area contributed by atoms with Crippen LogP contribution in [0.5, 0.6) is 0 Å². The molecule has 5 rings (SSSR count). The number of hydrogen-bond donors (Lipinski definition) is 3. The molecule has 8 nitrogen and oxygen atoms in total. The molecule has 1 saturated heterocycles. The van der Waals surface area contributed by atoms with Crippen LogP contribution in [0.4, 0.5) is 17.3 Å². The first-order valence-corrected chi connectivity index (χ1v) is 12.5. The van der Waals surface area contributed by atoms with Gasteiger partial charge in [-0.05, 0) is 23.3 Å². The highest BCUT2D eigenvalue weighted by Gasteiger charge is 2.28. The average molecular weight is 514 g/mol. The van der Waals surface area contributed by atoms with Crippen LogP contribution in [0, 0.1) is 0 Å². The lowest BCUT2D eigenvalue weighted by Gasteiger charge is -2.40. The van der Waals surface area contributed by atoms with Crippen molar-refractivity contribution in [3.63, 3.8) is 0 Å². The van der Waals surface area contributed by atoms with Crippen LogP contribution in [0.1, 0.15) is 27.5 Å². The van der Waals surface area contributed by atoms with E-state index in [1.54, 1.807) is 24.3 Å². The Morgan fingerprint density at radius 2 is 1.43 bits per heavy atom. The van der Waals surface area contributed by atoms with E-state index in [1.807, 2.05) is 12.1 Å². The minimum absolute atomic E-state index is 0.171. The molecule has 37 heavy (non-hydrogen) atoms. The number of piperazine rings is 1. The van der Waals surface area contributed by atoms with E-state index in [0.29, 0.717) is 27.9 Å². The Morgan fingerprint density at radius 3 is 2.05 bits per heavy atom. The van der Waals surface area contributed by atoms with Crippen molar-refractivity contribution in [2.24, 2.45) is 0 Å². The van der Waals surface area contributed by atoms with Gasteiger partial charge in [0.1, 0.15) is 12.0 Å². The second-order valence-corrected chi connectivity index (χ2v) is 9.17. The number of halogens is 1. The standard InChI is InChI=1S/C28H28ClN7O/c29-23-14-8-7-13-22(23)28(37)34-33-26-24(30)27(32-19-31-26)36-17-15-35(16-18-36)25(20-9-3-1-4-10-20)21-11-5-2-6-12-21/h1-14,19,25H,15-18,30H2,(H,34,37)(H,31,32,33). The van der Waals surface area contributed by atoms with Gasteiger partial charge in [-0.3, -0.25) is 20.5 Å². The molecular weight excluding hydrogens is 486 g/mol. The predicted octanol–water partition coefficient (Wildman–Crippen LogP) is 4.38. The molecule has 1 aliphatic rings. The Balaban J connectivity index is 1.28. The summed E-state index contributed by atoms with van der Waals surface area (Å²) in [4.78, 5) is 25.8. The van der Waals surface area contributed by atoms with Crippen LogP contribution in [-0.4, -0.2) is 47.0 Å². The number of nitrogens with one attached hydrogen (secondary N) is 2. The summed E-state index contributed by atoms with van der Waals surface area (Å²) >= 11 is 6.12. The van der Waals surface area contributed by atoms with E-state index in [9.17, 15) is 4.79 Å². The second kappa shape index (κ2) is 11.3. The van der Waals surface area contributed by atoms with Gasteiger partial charge in [0.2, 0.25) is 0 Å². The molecule has 9 heteroatoms. The molecule has 1 aromatic heterocycles. The first-order chi connectivity index (χ1) is 18.1. The van der Waals surface area contributed by atoms with E-state index in [2.05, 4.69) is 79.2 Å². The summed E-state index contributed by atoms with van der Waals surface area (Å²) in [6.45, 7) is 3.18. The van der Waals surface area contributed by atoms with Crippen molar-refractivity contribution in [3.8, 4) is 0 Å². The maximum absolute atomic E-state index is 12.5. The predicted molar refractivity (Wildman–Crippen MR) is 147 cm³/mol. The third-order valence-corrected chi connectivity index (χ3v) is 6.81. The van der Waals surface area contributed by atoms with Crippen molar-refractivity contribution in [2.45, 2.75) is 6.04 Å². The zero-order valence-corrected chi connectivity index (χ0v) is 21.0. The SMILES string of the molecule is Nc1c(NNC(=O)c2ccccc2Cl)ncnc1N1CCN(C(c2ccccc2)c2ccccc2)CC1. The lowest BCUT2D eigenvalue weighted by molar-refractivity contribution is 0.0962. The van der Waals surface area contributed by atoms with E-state index < -0.39 is 0 Å². The van der Waals surface area contributed by atoms with Crippen LogP contribution >= 0.6 is 11.6 Å². The third-order valence-electron chi connectivity index (χ3n) is 6.49. The molecular formula is C28H28ClN7O. The van der Waals surface area contributed by atoms with E-state index in [0.717, 1.165) is 26.2 Å². The van der Waals surface area contributed by atoms with Gasteiger partial charge < -0.3 is 10.6 Å². The second-order valence-electron chi connectivity index (χ2n) is 8.77. The van der Waals surface area contributed by atoms with Crippen LogP contribution in [-0.2, 0) is 0 Å². The lowest BCUT2D eigenvalue weighted by Crippen LogP contribution is -2.48. The van der Waals surface area contributed by atoms with E-state index in [-0.39, 0.29) is 11.9 Å². The number of nitrogens with zero attached hydrogens (tertiary/aromatic N) is 4. The Bertz CT molecular complexity index is 1310. The number of anilines is 3. The fourth-order valence-corrected chi connectivity index (χ4v) is 4.86. The highest BCUT2D eigenvalue weighted by molar-refractivity contribution is 6.33. The zero-order chi connectivity index (χ0) is 25.6. The van der Waals surface area contributed by atoms with Gasteiger partial charge in [-0.15, -0.1) is 0 Å². The Hall–Kier alpha value is -4.14. The summed E-state index contributed by atoms with van der Waals surface area (Å²) in [5.41, 5.74) is 15.1. The normalized spacial score (nSPS) is 13.9. The van der Waals surface area contributed by atoms with Crippen LogP contribution < -0.4 is 21.5 Å². The molecule has 0 spiro atoms. The monoisotopic (exact) mass is 513 g/mol. The topological polar surface area (TPSA) is 99.4 Å². The van der Waals surface area contributed by atoms with Gasteiger partial charge in [0.25, 0.3) is 5.91 Å². The van der Waals surface area contributed by atoms with Crippen molar-refractivity contribution in [1.29, 1.82) is 0 Å². The molecule has 188 valence electrons. The van der Waals surface area contributed by atoms with E-state index >= 15 is 0 Å². The van der Waals surface area contributed by atoms with Crippen molar-refractivity contribution in [1.82, 2.24) is 20.3 Å². The third kappa shape index (κ3) is 5.50. The summed E-state index contributed by atoms with van der Waals surface area (Å²) in [6.07, 6.45) is 1.44. The van der Waals surface area contributed by atoms with Crippen LogP contribution in [0.25, 0.3) is 0 Å². The van der Waals surface area contributed by atoms with Crippen molar-refractivity contribution >= 4 is 34.8 Å². The molecule has 1 amide bonds. The Kier molecular flexibility index (Phi) is 7.49. The van der Waals surface area contributed by atoms with Crippen molar-refractivity contribution < 1.29 is 4.79 Å². The molecule has 0 aliphatic carbocycles.